The van der Waals surface area contributed by atoms with Gasteiger partial charge in [-0.15, -0.1) is 0 Å². The number of hydrogen-bond donors (Lipinski definition) is 3. The van der Waals surface area contributed by atoms with Crippen molar-refractivity contribution in [2.24, 2.45) is 12.5 Å². The van der Waals surface area contributed by atoms with E-state index in [2.05, 4.69) is 15.7 Å². The number of carbonyl (C=O) groups excluding carboxylic acids is 2. The van der Waals surface area contributed by atoms with Gasteiger partial charge in [-0.2, -0.15) is 5.10 Å². The molecule has 8 nitrogen and oxygen atoms in total. The largest absolute Gasteiger partial charge is 0.481 e. The minimum absolute atomic E-state index is 0.289. The maximum absolute atomic E-state index is 11.5. The molecule has 0 saturated heterocycles. The fourth-order valence-corrected chi connectivity index (χ4v) is 1.30. The van der Waals surface area contributed by atoms with E-state index in [9.17, 15) is 14.4 Å². The zero-order valence-electron chi connectivity index (χ0n) is 10.9. The second kappa shape index (κ2) is 5.51. The number of carboxylic acid groups (broad SMARTS) is 1. The maximum Gasteiger partial charge on any atom is 0.325 e. The smallest absolute Gasteiger partial charge is 0.325 e. The Hall–Kier alpha value is -2.38. The molecule has 3 amide bonds. The monoisotopic (exact) mass is 268 g/mol. The number of aromatic nitrogens is 2. The Kier molecular flexibility index (Phi) is 4.26. The van der Waals surface area contributed by atoms with Gasteiger partial charge in [-0.1, -0.05) is 0 Å². The molecule has 0 aliphatic heterocycles. The van der Waals surface area contributed by atoms with E-state index in [-0.39, 0.29) is 6.42 Å². The average molecular weight is 268 g/mol. The van der Waals surface area contributed by atoms with Gasteiger partial charge in [0.25, 0.3) is 0 Å². The second-order valence-corrected chi connectivity index (χ2v) is 4.77. The molecule has 1 aromatic heterocycles. The van der Waals surface area contributed by atoms with Crippen LogP contribution in [0.5, 0.6) is 0 Å². The average Bonchev–Trinajstić information content (AvgIpc) is 2.61. The van der Waals surface area contributed by atoms with Crippen LogP contribution in [0.3, 0.4) is 0 Å². The predicted molar refractivity (Wildman–Crippen MR) is 66.4 cm³/mol. The van der Waals surface area contributed by atoms with Crippen LogP contribution in [0.15, 0.2) is 12.4 Å². The summed E-state index contributed by atoms with van der Waals surface area (Å²) in [4.78, 5) is 33.8. The van der Waals surface area contributed by atoms with Gasteiger partial charge in [0.1, 0.15) is 0 Å². The van der Waals surface area contributed by atoms with Gasteiger partial charge in [0.05, 0.1) is 17.3 Å². The van der Waals surface area contributed by atoms with E-state index in [1.54, 1.807) is 13.2 Å². The number of hydrogen-bond acceptors (Lipinski definition) is 4. The molecule has 0 unspecified atom stereocenters. The lowest BCUT2D eigenvalue weighted by molar-refractivity contribution is -0.149. The van der Waals surface area contributed by atoms with Crippen molar-refractivity contribution in [2.45, 2.75) is 20.3 Å². The van der Waals surface area contributed by atoms with Crippen molar-refractivity contribution < 1.29 is 19.5 Å². The quantitative estimate of drug-likeness (QED) is 0.738. The number of amides is 3. The van der Waals surface area contributed by atoms with Crippen molar-refractivity contribution in [1.82, 2.24) is 15.1 Å². The third-order valence-electron chi connectivity index (χ3n) is 2.40. The number of nitrogens with one attached hydrogen (secondary N) is 2. The molecule has 0 radical (unpaired) electrons. The summed E-state index contributed by atoms with van der Waals surface area (Å²) in [5.41, 5.74) is -0.788. The minimum Gasteiger partial charge on any atom is -0.481 e. The fraction of sp³-hybridized carbons (Fsp3) is 0.455. The zero-order chi connectivity index (χ0) is 14.6. The summed E-state index contributed by atoms with van der Waals surface area (Å²) in [6.07, 6.45) is 2.69. The van der Waals surface area contributed by atoms with Gasteiger partial charge < -0.3 is 10.4 Å². The van der Waals surface area contributed by atoms with Crippen LogP contribution in [0, 0.1) is 5.41 Å². The maximum atomic E-state index is 11.5. The molecule has 3 N–H and O–H groups in total. The molecule has 0 aliphatic rings. The summed E-state index contributed by atoms with van der Waals surface area (Å²) >= 11 is 0. The normalized spacial score (nSPS) is 10.9. The molecule has 19 heavy (non-hydrogen) atoms. The molecular weight excluding hydrogens is 252 g/mol. The van der Waals surface area contributed by atoms with Gasteiger partial charge in [0.15, 0.2) is 0 Å². The molecule has 0 spiro atoms. The van der Waals surface area contributed by atoms with Gasteiger partial charge in [0, 0.05) is 19.7 Å². The summed E-state index contributed by atoms with van der Waals surface area (Å²) in [7, 11) is 1.68. The number of aliphatic carboxylic acids is 1. The lowest BCUT2D eigenvalue weighted by atomic mass is 9.89. The first kappa shape index (κ1) is 14.7. The van der Waals surface area contributed by atoms with Crippen molar-refractivity contribution in [1.29, 1.82) is 0 Å². The van der Waals surface area contributed by atoms with E-state index in [4.69, 9.17) is 5.11 Å². The Labute approximate surface area is 109 Å². The molecule has 0 aromatic carbocycles. The fourth-order valence-electron chi connectivity index (χ4n) is 1.30. The third-order valence-corrected chi connectivity index (χ3v) is 2.40. The Morgan fingerprint density at radius 1 is 1.42 bits per heavy atom. The number of carbonyl (C=O) groups is 3. The van der Waals surface area contributed by atoms with Crippen LogP contribution < -0.4 is 10.6 Å². The second-order valence-electron chi connectivity index (χ2n) is 4.77. The first-order valence-corrected chi connectivity index (χ1v) is 5.53. The van der Waals surface area contributed by atoms with Crippen molar-refractivity contribution in [3.63, 3.8) is 0 Å². The van der Waals surface area contributed by atoms with Crippen LogP contribution in [0.25, 0.3) is 0 Å². The number of anilines is 1. The van der Waals surface area contributed by atoms with E-state index in [0.717, 1.165) is 0 Å². The SMILES string of the molecule is Cn1cc(NC(=O)NC(=O)CC(C)(C)C(=O)O)cn1. The number of imide groups is 1. The van der Waals surface area contributed by atoms with E-state index in [0.29, 0.717) is 5.69 Å². The molecule has 1 heterocycles. The van der Waals surface area contributed by atoms with Gasteiger partial charge in [-0.05, 0) is 13.8 Å². The lowest BCUT2D eigenvalue weighted by Crippen LogP contribution is -2.38. The molecular formula is C11H16N4O4. The number of nitrogens with zero attached hydrogens (tertiary/aromatic N) is 2. The Morgan fingerprint density at radius 3 is 2.53 bits per heavy atom. The van der Waals surface area contributed by atoms with E-state index < -0.39 is 23.3 Å². The zero-order valence-corrected chi connectivity index (χ0v) is 10.9. The summed E-state index contributed by atoms with van der Waals surface area (Å²) in [6, 6.07) is -0.723. The topological polar surface area (TPSA) is 113 Å². The number of urea groups is 1. The first-order valence-electron chi connectivity index (χ1n) is 5.53. The Bertz CT molecular complexity index is 507. The highest BCUT2D eigenvalue weighted by atomic mass is 16.4. The van der Waals surface area contributed by atoms with Crippen molar-refractivity contribution >= 4 is 23.6 Å². The number of rotatable bonds is 4. The molecule has 0 aliphatic carbocycles. The van der Waals surface area contributed by atoms with Gasteiger partial charge >= 0.3 is 12.0 Å². The molecule has 0 saturated carbocycles. The lowest BCUT2D eigenvalue weighted by Gasteiger charge is -2.17. The number of carboxylic acids is 1. The molecule has 1 aromatic rings. The van der Waals surface area contributed by atoms with Crippen LogP contribution in [0.1, 0.15) is 20.3 Å². The predicted octanol–water partition coefficient (Wildman–Crippen LogP) is 0.569. The van der Waals surface area contributed by atoms with Crippen molar-refractivity contribution in [3.05, 3.63) is 12.4 Å². The Morgan fingerprint density at radius 2 is 2.05 bits per heavy atom. The van der Waals surface area contributed by atoms with E-state index >= 15 is 0 Å². The highest BCUT2D eigenvalue weighted by Gasteiger charge is 2.30. The van der Waals surface area contributed by atoms with Gasteiger partial charge in [-0.3, -0.25) is 19.6 Å². The Balaban J connectivity index is 2.49. The van der Waals surface area contributed by atoms with E-state index in [1.165, 1.54) is 24.7 Å². The van der Waals surface area contributed by atoms with Crippen LogP contribution in [-0.4, -0.2) is 32.8 Å². The highest BCUT2D eigenvalue weighted by Crippen LogP contribution is 2.19. The third kappa shape index (κ3) is 4.41. The molecule has 0 fully saturated rings. The van der Waals surface area contributed by atoms with Crippen LogP contribution >= 0.6 is 0 Å². The standard InChI is InChI=1S/C11H16N4O4/c1-11(2,9(17)18)4-8(16)14-10(19)13-7-5-12-15(3)6-7/h5-6H,4H2,1-3H3,(H,17,18)(H2,13,14,16,19). The van der Waals surface area contributed by atoms with Crippen molar-refractivity contribution in [2.75, 3.05) is 5.32 Å². The molecule has 0 bridgehead atoms. The molecule has 1 rings (SSSR count). The first-order chi connectivity index (χ1) is 8.70. The molecule has 0 atom stereocenters. The van der Waals surface area contributed by atoms with E-state index in [1.807, 2.05) is 0 Å². The highest BCUT2D eigenvalue weighted by molar-refractivity contribution is 6.02. The summed E-state index contributed by atoms with van der Waals surface area (Å²) in [6.45, 7) is 2.82. The molecule has 8 heteroatoms. The number of aryl methyl sites for hydroxylation is 1. The van der Waals surface area contributed by atoms with Gasteiger partial charge in [0.2, 0.25) is 5.91 Å². The van der Waals surface area contributed by atoms with Crippen LogP contribution in [0.4, 0.5) is 10.5 Å². The summed E-state index contributed by atoms with van der Waals surface area (Å²) in [5, 5.41) is 17.2. The molecule has 104 valence electrons. The van der Waals surface area contributed by atoms with Crippen molar-refractivity contribution in [3.8, 4) is 0 Å². The summed E-state index contributed by atoms with van der Waals surface area (Å²) < 4.78 is 1.49. The minimum atomic E-state index is -1.22. The van der Waals surface area contributed by atoms with Gasteiger partial charge in [-0.25, -0.2) is 4.79 Å². The summed E-state index contributed by atoms with van der Waals surface area (Å²) in [5.74, 6) is -1.76. The van der Waals surface area contributed by atoms with Crippen LogP contribution in [-0.2, 0) is 16.6 Å². The van der Waals surface area contributed by atoms with Crippen LogP contribution in [0.2, 0.25) is 0 Å².